The topological polar surface area (TPSA) is 62.3 Å². The molecule has 2 amide bonds. The SMILES string of the molecule is CNC(=O)C1(Cc2ccccc2-c2ccncc2)CCN(C(=O)C2CCCCC2)C1. The lowest BCUT2D eigenvalue weighted by Gasteiger charge is -2.30. The van der Waals surface area contributed by atoms with Gasteiger partial charge in [-0.05, 0) is 54.5 Å². The van der Waals surface area contributed by atoms with E-state index < -0.39 is 5.41 Å². The maximum absolute atomic E-state index is 13.1. The molecule has 1 atom stereocenters. The zero-order valence-corrected chi connectivity index (χ0v) is 17.8. The molecule has 1 aromatic heterocycles. The Hall–Kier alpha value is -2.69. The smallest absolute Gasteiger partial charge is 0.228 e. The van der Waals surface area contributed by atoms with E-state index in [9.17, 15) is 9.59 Å². The van der Waals surface area contributed by atoms with E-state index in [-0.39, 0.29) is 17.7 Å². The van der Waals surface area contributed by atoms with Crippen molar-refractivity contribution in [1.29, 1.82) is 0 Å². The normalized spacial score (nSPS) is 22.1. The number of likely N-dealkylation sites (tertiary alicyclic amines) is 1. The average Bonchev–Trinajstić information content (AvgIpc) is 3.24. The molecule has 4 rings (SSSR count). The van der Waals surface area contributed by atoms with E-state index in [1.807, 2.05) is 29.2 Å². The van der Waals surface area contributed by atoms with Crippen LogP contribution >= 0.6 is 0 Å². The van der Waals surface area contributed by atoms with Crippen LogP contribution in [0.5, 0.6) is 0 Å². The molecule has 158 valence electrons. The lowest BCUT2D eigenvalue weighted by Crippen LogP contribution is -2.45. The van der Waals surface area contributed by atoms with Crippen molar-refractivity contribution in [3.63, 3.8) is 0 Å². The molecule has 5 heteroatoms. The molecular weight excluding hydrogens is 374 g/mol. The van der Waals surface area contributed by atoms with Crippen molar-refractivity contribution in [1.82, 2.24) is 15.2 Å². The van der Waals surface area contributed by atoms with Crippen molar-refractivity contribution in [3.05, 3.63) is 54.4 Å². The molecule has 1 aliphatic heterocycles. The Morgan fingerprint density at radius 2 is 1.83 bits per heavy atom. The van der Waals surface area contributed by atoms with Gasteiger partial charge in [0.05, 0.1) is 5.41 Å². The van der Waals surface area contributed by atoms with Gasteiger partial charge in [0, 0.05) is 38.4 Å². The van der Waals surface area contributed by atoms with Crippen molar-refractivity contribution >= 4 is 11.8 Å². The zero-order valence-electron chi connectivity index (χ0n) is 17.8. The van der Waals surface area contributed by atoms with Crippen molar-refractivity contribution in [2.75, 3.05) is 20.1 Å². The Morgan fingerprint density at radius 3 is 2.57 bits per heavy atom. The number of nitrogens with one attached hydrogen (secondary N) is 1. The fraction of sp³-hybridized carbons (Fsp3) is 0.480. The number of carbonyl (C=O) groups is 2. The van der Waals surface area contributed by atoms with E-state index >= 15 is 0 Å². The second-order valence-corrected chi connectivity index (χ2v) is 8.77. The number of hydrogen-bond donors (Lipinski definition) is 1. The average molecular weight is 406 g/mol. The van der Waals surface area contributed by atoms with Gasteiger partial charge in [0.1, 0.15) is 0 Å². The summed E-state index contributed by atoms with van der Waals surface area (Å²) in [5.41, 5.74) is 2.78. The molecule has 2 heterocycles. The predicted molar refractivity (Wildman–Crippen MR) is 118 cm³/mol. The first-order chi connectivity index (χ1) is 14.6. The zero-order chi connectivity index (χ0) is 21.0. The molecule has 30 heavy (non-hydrogen) atoms. The third-order valence-corrected chi connectivity index (χ3v) is 6.87. The highest BCUT2D eigenvalue weighted by Gasteiger charge is 2.46. The molecule has 1 saturated carbocycles. The number of pyridine rings is 1. The lowest BCUT2D eigenvalue weighted by atomic mass is 9.78. The Kier molecular flexibility index (Phi) is 6.16. The molecule has 1 saturated heterocycles. The summed E-state index contributed by atoms with van der Waals surface area (Å²) in [7, 11) is 1.70. The summed E-state index contributed by atoms with van der Waals surface area (Å²) < 4.78 is 0. The van der Waals surface area contributed by atoms with E-state index in [1.54, 1.807) is 19.4 Å². The molecule has 0 radical (unpaired) electrons. The number of rotatable bonds is 5. The maximum Gasteiger partial charge on any atom is 0.228 e. The molecule has 2 aromatic rings. The van der Waals surface area contributed by atoms with Gasteiger partial charge in [-0.15, -0.1) is 0 Å². The van der Waals surface area contributed by atoms with Gasteiger partial charge in [0.2, 0.25) is 11.8 Å². The van der Waals surface area contributed by atoms with Gasteiger partial charge in [-0.3, -0.25) is 14.6 Å². The van der Waals surface area contributed by atoms with E-state index in [0.717, 1.165) is 42.4 Å². The molecule has 2 fully saturated rings. The van der Waals surface area contributed by atoms with Crippen LogP contribution in [0.3, 0.4) is 0 Å². The van der Waals surface area contributed by atoms with Gasteiger partial charge in [-0.25, -0.2) is 0 Å². The second-order valence-electron chi connectivity index (χ2n) is 8.77. The fourth-order valence-electron chi connectivity index (χ4n) is 5.20. The number of carbonyl (C=O) groups excluding carboxylic acids is 2. The lowest BCUT2D eigenvalue weighted by molar-refractivity contribution is -0.137. The van der Waals surface area contributed by atoms with Crippen molar-refractivity contribution in [2.24, 2.45) is 11.3 Å². The molecule has 1 aliphatic carbocycles. The van der Waals surface area contributed by atoms with Gasteiger partial charge in [-0.1, -0.05) is 43.5 Å². The first-order valence-corrected chi connectivity index (χ1v) is 11.1. The minimum Gasteiger partial charge on any atom is -0.359 e. The standard InChI is InChI=1S/C25H31N3O2/c1-26-24(30)25(13-16-28(18-25)23(29)20-7-3-2-4-8-20)17-21-9-5-6-10-22(21)19-11-14-27-15-12-19/h5-6,9-12,14-15,20H,2-4,7-8,13,16-18H2,1H3,(H,26,30). The largest absolute Gasteiger partial charge is 0.359 e. The summed E-state index contributed by atoms with van der Waals surface area (Å²) in [5.74, 6) is 0.428. The van der Waals surface area contributed by atoms with E-state index in [4.69, 9.17) is 0 Å². The summed E-state index contributed by atoms with van der Waals surface area (Å²) in [5, 5.41) is 2.88. The van der Waals surface area contributed by atoms with Crippen molar-refractivity contribution in [3.8, 4) is 11.1 Å². The van der Waals surface area contributed by atoms with Crippen LogP contribution in [-0.4, -0.2) is 41.8 Å². The Morgan fingerprint density at radius 1 is 1.10 bits per heavy atom. The first-order valence-electron chi connectivity index (χ1n) is 11.1. The van der Waals surface area contributed by atoms with Crippen LogP contribution in [0.25, 0.3) is 11.1 Å². The van der Waals surface area contributed by atoms with Crippen LogP contribution in [0.2, 0.25) is 0 Å². The van der Waals surface area contributed by atoms with Gasteiger partial charge < -0.3 is 10.2 Å². The van der Waals surface area contributed by atoms with Crippen LogP contribution in [0.15, 0.2) is 48.8 Å². The predicted octanol–water partition coefficient (Wildman–Crippen LogP) is 3.84. The number of hydrogen-bond acceptors (Lipinski definition) is 3. The van der Waals surface area contributed by atoms with Gasteiger partial charge >= 0.3 is 0 Å². The Bertz CT molecular complexity index is 892. The summed E-state index contributed by atoms with van der Waals surface area (Å²) in [4.78, 5) is 32.3. The maximum atomic E-state index is 13.1. The highest BCUT2D eigenvalue weighted by Crippen LogP contribution is 2.39. The molecular formula is C25H31N3O2. The fourth-order valence-corrected chi connectivity index (χ4v) is 5.20. The number of nitrogens with zero attached hydrogens (tertiary/aromatic N) is 2. The van der Waals surface area contributed by atoms with E-state index in [2.05, 4.69) is 22.4 Å². The highest BCUT2D eigenvalue weighted by molar-refractivity contribution is 5.86. The molecule has 1 unspecified atom stereocenters. The Balaban J connectivity index is 1.59. The second kappa shape index (κ2) is 8.99. The van der Waals surface area contributed by atoms with Gasteiger partial charge in [0.25, 0.3) is 0 Å². The molecule has 5 nitrogen and oxygen atoms in total. The minimum absolute atomic E-state index is 0.0333. The van der Waals surface area contributed by atoms with E-state index in [0.29, 0.717) is 25.9 Å². The number of amides is 2. The van der Waals surface area contributed by atoms with Crippen molar-refractivity contribution < 1.29 is 9.59 Å². The summed E-state index contributed by atoms with van der Waals surface area (Å²) >= 11 is 0. The number of aromatic nitrogens is 1. The third-order valence-electron chi connectivity index (χ3n) is 6.87. The van der Waals surface area contributed by atoms with Crippen LogP contribution in [-0.2, 0) is 16.0 Å². The van der Waals surface area contributed by atoms with Crippen molar-refractivity contribution in [2.45, 2.75) is 44.9 Å². The van der Waals surface area contributed by atoms with Crippen LogP contribution in [0, 0.1) is 11.3 Å². The molecule has 1 aromatic carbocycles. The monoisotopic (exact) mass is 405 g/mol. The van der Waals surface area contributed by atoms with E-state index in [1.165, 1.54) is 6.42 Å². The third kappa shape index (κ3) is 4.11. The van der Waals surface area contributed by atoms with Gasteiger partial charge in [0.15, 0.2) is 0 Å². The first kappa shape index (κ1) is 20.6. The highest BCUT2D eigenvalue weighted by atomic mass is 16.2. The quantitative estimate of drug-likeness (QED) is 0.822. The van der Waals surface area contributed by atoms with Crippen LogP contribution in [0.1, 0.15) is 44.1 Å². The molecule has 1 N–H and O–H groups in total. The summed E-state index contributed by atoms with van der Waals surface area (Å²) in [6, 6.07) is 12.3. The molecule has 2 aliphatic rings. The summed E-state index contributed by atoms with van der Waals surface area (Å²) in [6.07, 6.45) is 10.4. The Labute approximate surface area is 178 Å². The summed E-state index contributed by atoms with van der Waals surface area (Å²) in [6.45, 7) is 1.17. The van der Waals surface area contributed by atoms with Crippen LogP contribution in [0.4, 0.5) is 0 Å². The molecule has 0 spiro atoms. The minimum atomic E-state index is -0.581. The van der Waals surface area contributed by atoms with Crippen LogP contribution < -0.4 is 5.32 Å². The molecule has 0 bridgehead atoms. The van der Waals surface area contributed by atoms with Gasteiger partial charge in [-0.2, -0.15) is 0 Å². The number of benzene rings is 1.